The van der Waals surface area contributed by atoms with Crippen LogP contribution in [0.2, 0.25) is 0 Å². The number of nitrogens with one attached hydrogen (secondary N) is 2. The maximum Gasteiger partial charge on any atom is 0.435 e. The number of pyridine rings is 1. The van der Waals surface area contributed by atoms with Crippen LogP contribution in [0.3, 0.4) is 0 Å². The fourth-order valence-corrected chi connectivity index (χ4v) is 3.03. The van der Waals surface area contributed by atoms with Crippen LogP contribution in [0.1, 0.15) is 28.9 Å². The summed E-state index contributed by atoms with van der Waals surface area (Å²) in [6.07, 6.45) is -0.502. The molecule has 1 unspecified atom stereocenters. The number of methoxy groups -OCH3 is 1. The Balaban J connectivity index is 1.67. The zero-order chi connectivity index (χ0) is 18.0. The van der Waals surface area contributed by atoms with Gasteiger partial charge in [-0.2, -0.15) is 18.3 Å². The van der Waals surface area contributed by atoms with Gasteiger partial charge in [0, 0.05) is 41.7 Å². The van der Waals surface area contributed by atoms with Gasteiger partial charge < -0.3 is 10.1 Å². The number of fused-ring (bicyclic) bond motifs is 1. The minimum atomic E-state index is -4.52. The highest BCUT2D eigenvalue weighted by Gasteiger charge is 2.40. The van der Waals surface area contributed by atoms with Gasteiger partial charge in [-0.05, 0) is 25.3 Å². The molecule has 3 rings (SSSR count). The third-order valence-electron chi connectivity index (χ3n) is 4.32. The van der Waals surface area contributed by atoms with Gasteiger partial charge in [0.1, 0.15) is 5.75 Å². The summed E-state index contributed by atoms with van der Waals surface area (Å²) in [5.74, 6) is -0.213. The summed E-state index contributed by atoms with van der Waals surface area (Å²) in [4.78, 5) is 16.4. The first-order chi connectivity index (χ1) is 11.9. The van der Waals surface area contributed by atoms with Crippen molar-refractivity contribution in [2.24, 2.45) is 5.92 Å². The lowest BCUT2D eigenvalue weighted by molar-refractivity contribution is -0.142. The molecule has 2 heterocycles. The molecule has 2 N–H and O–H groups in total. The van der Waals surface area contributed by atoms with Crippen LogP contribution in [0.5, 0.6) is 5.75 Å². The van der Waals surface area contributed by atoms with Gasteiger partial charge in [0.05, 0.1) is 7.11 Å². The number of aryl methyl sites for hydroxylation is 1. The van der Waals surface area contributed by atoms with E-state index in [0.29, 0.717) is 29.8 Å². The van der Waals surface area contributed by atoms with Crippen molar-refractivity contribution in [1.29, 1.82) is 0 Å². The average Bonchev–Trinajstić information content (AvgIpc) is 3.03. The van der Waals surface area contributed by atoms with E-state index in [1.54, 1.807) is 18.5 Å². The maximum atomic E-state index is 13.0. The number of amides is 1. The number of aromatic nitrogens is 3. The Hall–Kier alpha value is -2.58. The van der Waals surface area contributed by atoms with E-state index >= 15 is 0 Å². The molecule has 6 nitrogen and oxygen atoms in total. The fourth-order valence-electron chi connectivity index (χ4n) is 3.03. The highest BCUT2D eigenvalue weighted by atomic mass is 19.4. The number of rotatable bonds is 4. The van der Waals surface area contributed by atoms with Crippen molar-refractivity contribution >= 4 is 5.91 Å². The van der Waals surface area contributed by atoms with Crippen LogP contribution in [0.15, 0.2) is 18.5 Å². The Morgan fingerprint density at radius 3 is 3.00 bits per heavy atom. The van der Waals surface area contributed by atoms with Crippen LogP contribution >= 0.6 is 0 Å². The zero-order valence-corrected chi connectivity index (χ0v) is 13.5. The van der Waals surface area contributed by atoms with Crippen molar-refractivity contribution in [2.75, 3.05) is 7.11 Å². The van der Waals surface area contributed by atoms with Crippen LogP contribution in [0.4, 0.5) is 13.2 Å². The lowest BCUT2D eigenvalue weighted by Gasteiger charge is -2.22. The summed E-state index contributed by atoms with van der Waals surface area (Å²) in [5, 5.41) is 8.57. The molecule has 0 aromatic carbocycles. The highest BCUT2D eigenvalue weighted by Crippen LogP contribution is 2.36. The Kier molecular flexibility index (Phi) is 4.65. The van der Waals surface area contributed by atoms with E-state index in [2.05, 4.69) is 20.5 Å². The van der Waals surface area contributed by atoms with E-state index in [0.717, 1.165) is 0 Å². The summed E-state index contributed by atoms with van der Waals surface area (Å²) in [6.45, 7) is 0.205. The van der Waals surface area contributed by atoms with Crippen LogP contribution in [0.25, 0.3) is 0 Å². The Morgan fingerprint density at radius 1 is 1.48 bits per heavy atom. The normalized spacial score (nSPS) is 17.0. The molecule has 0 saturated heterocycles. The second kappa shape index (κ2) is 6.73. The predicted octanol–water partition coefficient (Wildman–Crippen LogP) is 2.25. The molecule has 2 aromatic rings. The number of hydrogen-bond donors (Lipinski definition) is 2. The molecule has 134 valence electrons. The SMILES string of the molecule is COc1ccncc1CNC(=O)C1CCc2[nH]nc(C(F)(F)F)c2C1. The number of ether oxygens (including phenoxy) is 1. The van der Waals surface area contributed by atoms with Gasteiger partial charge in [-0.15, -0.1) is 0 Å². The second-order valence-corrected chi connectivity index (χ2v) is 5.87. The smallest absolute Gasteiger partial charge is 0.435 e. The molecule has 0 fully saturated rings. The average molecular weight is 354 g/mol. The molecule has 1 aliphatic rings. The van der Waals surface area contributed by atoms with E-state index < -0.39 is 17.8 Å². The molecule has 9 heteroatoms. The number of hydrogen-bond acceptors (Lipinski definition) is 4. The van der Waals surface area contributed by atoms with Crippen LogP contribution in [0, 0.1) is 5.92 Å². The molecular formula is C16H17F3N4O2. The zero-order valence-electron chi connectivity index (χ0n) is 13.5. The first-order valence-corrected chi connectivity index (χ1v) is 7.78. The minimum Gasteiger partial charge on any atom is -0.496 e. The molecule has 1 atom stereocenters. The first kappa shape index (κ1) is 17.2. The molecule has 0 saturated carbocycles. The molecule has 1 aliphatic carbocycles. The van der Waals surface area contributed by atoms with E-state index in [-0.39, 0.29) is 24.4 Å². The van der Waals surface area contributed by atoms with Gasteiger partial charge in [0.15, 0.2) is 5.69 Å². The highest BCUT2D eigenvalue weighted by molar-refractivity contribution is 5.79. The van der Waals surface area contributed by atoms with Crippen molar-refractivity contribution in [3.63, 3.8) is 0 Å². The third kappa shape index (κ3) is 3.59. The largest absolute Gasteiger partial charge is 0.496 e. The van der Waals surface area contributed by atoms with Gasteiger partial charge >= 0.3 is 6.18 Å². The van der Waals surface area contributed by atoms with Gasteiger partial charge in [0.2, 0.25) is 5.91 Å². The number of carbonyl (C=O) groups excluding carboxylic acids is 1. The van der Waals surface area contributed by atoms with Crippen LogP contribution in [-0.2, 0) is 30.4 Å². The summed E-state index contributed by atoms with van der Waals surface area (Å²) in [6, 6.07) is 1.68. The third-order valence-corrected chi connectivity index (χ3v) is 4.32. The van der Waals surface area contributed by atoms with Crippen molar-refractivity contribution in [2.45, 2.75) is 32.0 Å². The lowest BCUT2D eigenvalue weighted by atomic mass is 9.85. The van der Waals surface area contributed by atoms with Crippen LogP contribution in [-0.4, -0.2) is 28.2 Å². The van der Waals surface area contributed by atoms with Crippen molar-refractivity contribution < 1.29 is 22.7 Å². The van der Waals surface area contributed by atoms with Gasteiger partial charge in [-0.25, -0.2) is 0 Å². The van der Waals surface area contributed by atoms with E-state index in [1.165, 1.54) is 7.11 Å². The molecule has 2 aromatic heterocycles. The maximum absolute atomic E-state index is 13.0. The molecule has 0 bridgehead atoms. The topological polar surface area (TPSA) is 79.9 Å². The Bertz CT molecular complexity index is 773. The van der Waals surface area contributed by atoms with Crippen LogP contribution < -0.4 is 10.1 Å². The molecular weight excluding hydrogens is 337 g/mol. The number of H-pyrrole nitrogens is 1. The Labute approximate surface area is 141 Å². The Morgan fingerprint density at radius 2 is 2.28 bits per heavy atom. The van der Waals surface area contributed by atoms with E-state index in [1.807, 2.05) is 0 Å². The summed E-state index contributed by atoms with van der Waals surface area (Å²) < 4.78 is 44.1. The fraction of sp³-hybridized carbons (Fsp3) is 0.438. The molecule has 0 aliphatic heterocycles. The number of halogens is 3. The quantitative estimate of drug-likeness (QED) is 0.883. The first-order valence-electron chi connectivity index (χ1n) is 7.78. The number of alkyl halides is 3. The lowest BCUT2D eigenvalue weighted by Crippen LogP contribution is -2.34. The minimum absolute atomic E-state index is 0.0245. The predicted molar refractivity (Wildman–Crippen MR) is 81.7 cm³/mol. The van der Waals surface area contributed by atoms with Crippen molar-refractivity contribution in [3.8, 4) is 5.75 Å². The van der Waals surface area contributed by atoms with Gasteiger partial charge in [-0.3, -0.25) is 14.9 Å². The molecule has 1 amide bonds. The van der Waals surface area contributed by atoms with E-state index in [4.69, 9.17) is 4.74 Å². The van der Waals surface area contributed by atoms with Crippen molar-refractivity contribution in [1.82, 2.24) is 20.5 Å². The summed E-state index contributed by atoms with van der Waals surface area (Å²) >= 11 is 0. The number of nitrogens with zero attached hydrogens (tertiary/aromatic N) is 2. The molecule has 25 heavy (non-hydrogen) atoms. The number of aromatic amines is 1. The molecule has 0 radical (unpaired) electrons. The summed E-state index contributed by atoms with van der Waals surface area (Å²) in [5.41, 5.74) is 0.339. The standard InChI is InChI=1S/C16H17F3N4O2/c1-25-13-4-5-20-7-10(13)8-21-15(24)9-2-3-12-11(6-9)14(23-22-12)16(17,18)19/h4-5,7,9H,2-3,6,8H2,1H3,(H,21,24)(H,22,23). The monoisotopic (exact) mass is 354 g/mol. The van der Waals surface area contributed by atoms with E-state index in [9.17, 15) is 18.0 Å². The molecule has 0 spiro atoms. The summed E-state index contributed by atoms with van der Waals surface area (Å²) in [7, 11) is 1.51. The van der Waals surface area contributed by atoms with Gasteiger partial charge in [-0.1, -0.05) is 0 Å². The van der Waals surface area contributed by atoms with Crippen molar-refractivity contribution in [3.05, 3.63) is 41.0 Å². The second-order valence-electron chi connectivity index (χ2n) is 5.87. The number of carbonyl (C=O) groups is 1. The van der Waals surface area contributed by atoms with Gasteiger partial charge in [0.25, 0.3) is 0 Å².